The summed E-state index contributed by atoms with van der Waals surface area (Å²) in [6.07, 6.45) is 1.22. The highest BCUT2D eigenvalue weighted by molar-refractivity contribution is 5.82. The summed E-state index contributed by atoms with van der Waals surface area (Å²) >= 11 is 0. The number of likely N-dealkylation sites (tertiary alicyclic amines) is 1. The number of nitrogens with zero attached hydrogens (tertiary/aromatic N) is 1. The number of ether oxygens (including phenoxy) is 3. The van der Waals surface area contributed by atoms with Gasteiger partial charge in [-0.05, 0) is 25.0 Å². The molecule has 2 rings (SSSR count). The molecule has 1 unspecified atom stereocenters. The quantitative estimate of drug-likeness (QED) is 0.803. The molecule has 1 aliphatic rings. The van der Waals surface area contributed by atoms with E-state index in [1.165, 1.54) is 21.3 Å². The van der Waals surface area contributed by atoms with E-state index in [9.17, 15) is 14.7 Å². The van der Waals surface area contributed by atoms with Gasteiger partial charge in [-0.25, -0.2) is 0 Å². The summed E-state index contributed by atoms with van der Waals surface area (Å²) in [6.45, 7) is 0.769. The molecule has 1 saturated heterocycles. The van der Waals surface area contributed by atoms with Crippen molar-refractivity contribution in [2.24, 2.45) is 5.41 Å². The van der Waals surface area contributed by atoms with Crippen molar-refractivity contribution < 1.29 is 28.9 Å². The normalized spacial score (nSPS) is 20.2. The van der Waals surface area contributed by atoms with Crippen molar-refractivity contribution in [1.82, 2.24) is 4.90 Å². The highest BCUT2D eigenvalue weighted by atomic mass is 16.5. The first-order valence-corrected chi connectivity index (χ1v) is 8.17. The zero-order valence-corrected chi connectivity index (χ0v) is 14.9. The molecule has 1 N–H and O–H groups in total. The Morgan fingerprint density at radius 3 is 2.36 bits per heavy atom. The largest absolute Gasteiger partial charge is 0.496 e. The Bertz CT molecular complexity index is 606. The van der Waals surface area contributed by atoms with Crippen LogP contribution in [0.2, 0.25) is 0 Å². The van der Waals surface area contributed by atoms with Crippen LogP contribution in [-0.4, -0.2) is 62.9 Å². The van der Waals surface area contributed by atoms with Crippen LogP contribution < -0.4 is 9.47 Å². The van der Waals surface area contributed by atoms with Gasteiger partial charge >= 0.3 is 5.97 Å². The van der Waals surface area contributed by atoms with Crippen LogP contribution >= 0.6 is 0 Å². The van der Waals surface area contributed by atoms with Crippen molar-refractivity contribution in [3.8, 4) is 11.5 Å². The summed E-state index contributed by atoms with van der Waals surface area (Å²) in [5.74, 6) is 0.0724. The molecule has 1 heterocycles. The standard InChI is InChI=1S/C18H25NO6/c1-23-12-18(17(21)22)8-5-9-19(11-18)16(20)10-13-14(24-2)6-4-7-15(13)25-3/h4,6-7H,5,8-12H2,1-3H3,(H,21,22). The van der Waals surface area contributed by atoms with Crippen molar-refractivity contribution in [2.45, 2.75) is 19.3 Å². The molecule has 1 amide bonds. The summed E-state index contributed by atoms with van der Waals surface area (Å²) in [5, 5.41) is 9.62. The van der Waals surface area contributed by atoms with Gasteiger partial charge in [0.1, 0.15) is 16.9 Å². The lowest BCUT2D eigenvalue weighted by atomic mass is 9.80. The minimum absolute atomic E-state index is 0.0874. The molecule has 25 heavy (non-hydrogen) atoms. The summed E-state index contributed by atoms with van der Waals surface area (Å²) in [6, 6.07) is 5.34. The van der Waals surface area contributed by atoms with Crippen LogP contribution in [0.1, 0.15) is 18.4 Å². The first kappa shape index (κ1) is 19.1. The number of hydrogen-bond acceptors (Lipinski definition) is 5. The molecule has 1 fully saturated rings. The fourth-order valence-electron chi connectivity index (χ4n) is 3.34. The number of methoxy groups -OCH3 is 3. The van der Waals surface area contributed by atoms with Gasteiger partial charge in [-0.15, -0.1) is 0 Å². The molecular weight excluding hydrogens is 326 g/mol. The lowest BCUT2D eigenvalue weighted by Crippen LogP contribution is -2.52. The summed E-state index contributed by atoms with van der Waals surface area (Å²) in [4.78, 5) is 26.1. The van der Waals surface area contributed by atoms with E-state index in [1.54, 1.807) is 23.1 Å². The predicted octanol–water partition coefficient (Wildman–Crippen LogP) is 1.59. The fraction of sp³-hybridized carbons (Fsp3) is 0.556. The van der Waals surface area contributed by atoms with Gasteiger partial charge in [0.25, 0.3) is 0 Å². The number of aliphatic carboxylic acids is 1. The molecule has 1 aromatic rings. The third kappa shape index (κ3) is 4.04. The zero-order valence-electron chi connectivity index (χ0n) is 14.9. The number of piperidine rings is 1. The second-order valence-electron chi connectivity index (χ2n) is 6.26. The molecule has 138 valence electrons. The minimum Gasteiger partial charge on any atom is -0.496 e. The zero-order chi connectivity index (χ0) is 18.4. The second-order valence-corrected chi connectivity index (χ2v) is 6.26. The van der Waals surface area contributed by atoms with Crippen molar-refractivity contribution >= 4 is 11.9 Å². The molecule has 7 heteroatoms. The Morgan fingerprint density at radius 2 is 1.84 bits per heavy atom. The van der Waals surface area contributed by atoms with E-state index < -0.39 is 11.4 Å². The third-order valence-electron chi connectivity index (χ3n) is 4.66. The predicted molar refractivity (Wildman–Crippen MR) is 91.0 cm³/mol. The second kappa shape index (κ2) is 8.20. The van der Waals surface area contributed by atoms with Gasteiger partial charge in [0.2, 0.25) is 5.91 Å². The van der Waals surface area contributed by atoms with E-state index in [1.807, 2.05) is 0 Å². The molecule has 7 nitrogen and oxygen atoms in total. The van der Waals surface area contributed by atoms with E-state index in [4.69, 9.17) is 14.2 Å². The van der Waals surface area contributed by atoms with Gasteiger partial charge in [0, 0.05) is 25.8 Å². The van der Waals surface area contributed by atoms with Gasteiger partial charge in [-0.2, -0.15) is 0 Å². The number of benzene rings is 1. The van der Waals surface area contributed by atoms with E-state index in [0.717, 1.165) is 0 Å². The van der Waals surface area contributed by atoms with E-state index in [-0.39, 0.29) is 25.5 Å². The van der Waals surface area contributed by atoms with Crippen LogP contribution in [0.4, 0.5) is 0 Å². The van der Waals surface area contributed by atoms with Crippen molar-refractivity contribution in [3.05, 3.63) is 23.8 Å². The van der Waals surface area contributed by atoms with E-state index in [0.29, 0.717) is 36.4 Å². The number of carboxylic acid groups (broad SMARTS) is 1. The SMILES string of the molecule is COCC1(C(=O)O)CCCN(C(=O)Cc2c(OC)cccc2OC)C1. The average molecular weight is 351 g/mol. The summed E-state index contributed by atoms with van der Waals surface area (Å²) in [5.41, 5.74) is -0.385. The van der Waals surface area contributed by atoms with Crippen molar-refractivity contribution in [1.29, 1.82) is 0 Å². The van der Waals surface area contributed by atoms with Crippen LogP contribution in [0.25, 0.3) is 0 Å². The van der Waals surface area contributed by atoms with Gasteiger partial charge in [0.05, 0.1) is 27.2 Å². The lowest BCUT2D eigenvalue weighted by Gasteiger charge is -2.39. The van der Waals surface area contributed by atoms with Gasteiger partial charge in [0.15, 0.2) is 0 Å². The van der Waals surface area contributed by atoms with Crippen LogP contribution in [-0.2, 0) is 20.7 Å². The van der Waals surface area contributed by atoms with Crippen LogP contribution in [0.15, 0.2) is 18.2 Å². The lowest BCUT2D eigenvalue weighted by molar-refractivity contribution is -0.159. The molecule has 0 spiro atoms. The molecule has 1 atom stereocenters. The maximum absolute atomic E-state index is 12.8. The van der Waals surface area contributed by atoms with Gasteiger partial charge in [-0.1, -0.05) is 6.07 Å². The molecule has 0 saturated carbocycles. The molecular formula is C18H25NO6. The smallest absolute Gasteiger partial charge is 0.313 e. The molecule has 0 aromatic heterocycles. The van der Waals surface area contributed by atoms with Crippen LogP contribution in [0, 0.1) is 5.41 Å². The first-order valence-electron chi connectivity index (χ1n) is 8.17. The summed E-state index contributed by atoms with van der Waals surface area (Å²) in [7, 11) is 4.56. The maximum atomic E-state index is 12.8. The number of carbonyl (C=O) groups excluding carboxylic acids is 1. The molecule has 0 aliphatic carbocycles. The van der Waals surface area contributed by atoms with E-state index in [2.05, 4.69) is 0 Å². The van der Waals surface area contributed by atoms with Gasteiger partial charge < -0.3 is 24.2 Å². The van der Waals surface area contributed by atoms with Crippen LogP contribution in [0.5, 0.6) is 11.5 Å². The Labute approximate surface area is 147 Å². The number of carboxylic acids is 1. The third-order valence-corrected chi connectivity index (χ3v) is 4.66. The Hall–Kier alpha value is -2.28. The topological polar surface area (TPSA) is 85.3 Å². The van der Waals surface area contributed by atoms with Crippen molar-refractivity contribution in [3.63, 3.8) is 0 Å². The average Bonchev–Trinajstić information content (AvgIpc) is 2.62. The monoisotopic (exact) mass is 351 g/mol. The molecule has 0 radical (unpaired) electrons. The number of hydrogen-bond donors (Lipinski definition) is 1. The van der Waals surface area contributed by atoms with Gasteiger partial charge in [-0.3, -0.25) is 9.59 Å². The van der Waals surface area contributed by atoms with E-state index >= 15 is 0 Å². The molecule has 0 bridgehead atoms. The highest BCUT2D eigenvalue weighted by Gasteiger charge is 2.43. The maximum Gasteiger partial charge on any atom is 0.313 e. The highest BCUT2D eigenvalue weighted by Crippen LogP contribution is 2.33. The number of rotatable bonds is 7. The molecule has 1 aliphatic heterocycles. The Morgan fingerprint density at radius 1 is 1.20 bits per heavy atom. The van der Waals surface area contributed by atoms with Crippen LogP contribution in [0.3, 0.4) is 0 Å². The Kier molecular flexibility index (Phi) is 6.25. The number of amides is 1. The Balaban J connectivity index is 2.20. The van der Waals surface area contributed by atoms with Crippen molar-refractivity contribution in [2.75, 3.05) is 41.0 Å². The fourth-order valence-corrected chi connectivity index (χ4v) is 3.34. The first-order chi connectivity index (χ1) is 12.0. The molecule has 1 aromatic carbocycles. The number of carbonyl (C=O) groups is 2. The minimum atomic E-state index is -1.05. The summed E-state index contributed by atoms with van der Waals surface area (Å²) < 4.78 is 15.8.